The predicted molar refractivity (Wildman–Crippen MR) is 56.3 cm³/mol. The third-order valence-corrected chi connectivity index (χ3v) is 1.98. The first-order valence-corrected chi connectivity index (χ1v) is 4.74. The Kier molecular flexibility index (Phi) is 3.06. The Hall–Kier alpha value is -1.16. The fraction of sp³-hybridized carbons (Fsp3) is 0.600. The van der Waals surface area contributed by atoms with Gasteiger partial charge in [-0.15, -0.1) is 0 Å². The number of rotatable bonds is 2. The Morgan fingerprint density at radius 1 is 1.43 bits per heavy atom. The molecule has 0 amide bonds. The van der Waals surface area contributed by atoms with Crippen LogP contribution < -0.4 is 11.3 Å². The van der Waals surface area contributed by atoms with E-state index in [0.717, 1.165) is 5.69 Å². The molecule has 1 aromatic rings. The number of hydrogen-bond acceptors (Lipinski definition) is 3. The lowest BCUT2D eigenvalue weighted by Crippen LogP contribution is -2.29. The summed E-state index contributed by atoms with van der Waals surface area (Å²) < 4.78 is 1.42. The molecular formula is C10H17N3O. The lowest BCUT2D eigenvalue weighted by molar-refractivity contribution is 0.503. The highest BCUT2D eigenvalue weighted by atomic mass is 16.1. The van der Waals surface area contributed by atoms with E-state index < -0.39 is 0 Å². The van der Waals surface area contributed by atoms with Crippen molar-refractivity contribution >= 4 is 0 Å². The Bertz CT molecular complexity index is 362. The van der Waals surface area contributed by atoms with Gasteiger partial charge in [-0.05, 0) is 6.07 Å². The van der Waals surface area contributed by atoms with Crippen LogP contribution in [-0.2, 0) is 12.0 Å². The van der Waals surface area contributed by atoms with Gasteiger partial charge in [0.1, 0.15) is 0 Å². The number of nitrogens with zero attached hydrogens (tertiary/aromatic N) is 2. The van der Waals surface area contributed by atoms with Gasteiger partial charge >= 0.3 is 0 Å². The van der Waals surface area contributed by atoms with Gasteiger partial charge in [0.2, 0.25) is 0 Å². The second-order valence-electron chi connectivity index (χ2n) is 4.32. The van der Waals surface area contributed by atoms with Crippen LogP contribution in [0.1, 0.15) is 26.5 Å². The monoisotopic (exact) mass is 195 g/mol. The van der Waals surface area contributed by atoms with Crippen LogP contribution in [0.15, 0.2) is 16.9 Å². The SMILES string of the molecule is CC(C)(C)c1ccc(=O)n(CCN)n1. The molecule has 0 unspecified atom stereocenters. The molecule has 4 heteroatoms. The summed E-state index contributed by atoms with van der Waals surface area (Å²) in [5.41, 5.74) is 6.17. The van der Waals surface area contributed by atoms with Crippen molar-refractivity contribution in [3.8, 4) is 0 Å². The normalized spacial score (nSPS) is 11.7. The molecule has 0 atom stereocenters. The van der Waals surface area contributed by atoms with Crippen LogP contribution in [-0.4, -0.2) is 16.3 Å². The van der Waals surface area contributed by atoms with Gasteiger partial charge in [-0.2, -0.15) is 5.10 Å². The molecule has 0 bridgehead atoms. The molecule has 4 nitrogen and oxygen atoms in total. The second-order valence-corrected chi connectivity index (χ2v) is 4.32. The van der Waals surface area contributed by atoms with Crippen LogP contribution in [0.5, 0.6) is 0 Å². The predicted octanol–water partition coefficient (Wildman–Crippen LogP) is 0.500. The highest BCUT2D eigenvalue weighted by Crippen LogP contribution is 2.17. The third-order valence-electron chi connectivity index (χ3n) is 1.98. The van der Waals surface area contributed by atoms with E-state index >= 15 is 0 Å². The van der Waals surface area contributed by atoms with Gasteiger partial charge in [0.05, 0.1) is 12.2 Å². The standard InChI is InChI=1S/C10H17N3O/c1-10(2,3)8-4-5-9(14)13(12-8)7-6-11/h4-5H,6-7,11H2,1-3H3. The molecule has 1 rings (SSSR count). The molecular weight excluding hydrogens is 178 g/mol. The van der Waals surface area contributed by atoms with Crippen LogP contribution in [0.3, 0.4) is 0 Å². The average molecular weight is 195 g/mol. The summed E-state index contributed by atoms with van der Waals surface area (Å²) in [4.78, 5) is 11.3. The summed E-state index contributed by atoms with van der Waals surface area (Å²) >= 11 is 0. The van der Waals surface area contributed by atoms with Crippen LogP contribution in [0.2, 0.25) is 0 Å². The molecule has 0 aliphatic heterocycles. The Balaban J connectivity index is 3.13. The van der Waals surface area contributed by atoms with Crippen LogP contribution in [0.25, 0.3) is 0 Å². The molecule has 2 N–H and O–H groups in total. The summed E-state index contributed by atoms with van der Waals surface area (Å²) in [5, 5.41) is 4.26. The van der Waals surface area contributed by atoms with E-state index in [4.69, 9.17) is 5.73 Å². The molecule has 1 aromatic heterocycles. The largest absolute Gasteiger partial charge is 0.329 e. The molecule has 0 aliphatic rings. The lowest BCUT2D eigenvalue weighted by Gasteiger charge is -2.18. The maximum atomic E-state index is 11.3. The molecule has 0 radical (unpaired) electrons. The van der Waals surface area contributed by atoms with Crippen molar-refractivity contribution in [1.82, 2.24) is 9.78 Å². The average Bonchev–Trinajstić information content (AvgIpc) is 2.07. The number of nitrogens with two attached hydrogens (primary N) is 1. The summed E-state index contributed by atoms with van der Waals surface area (Å²) in [6, 6.07) is 3.32. The first kappa shape index (κ1) is 10.9. The number of aromatic nitrogens is 2. The Labute approximate surface area is 83.7 Å². The van der Waals surface area contributed by atoms with Crippen molar-refractivity contribution in [3.05, 3.63) is 28.2 Å². The molecule has 0 aliphatic carbocycles. The molecule has 1 heterocycles. The van der Waals surface area contributed by atoms with Crippen LogP contribution >= 0.6 is 0 Å². The zero-order chi connectivity index (χ0) is 10.8. The van der Waals surface area contributed by atoms with Crippen molar-refractivity contribution in [2.45, 2.75) is 32.7 Å². The topological polar surface area (TPSA) is 60.9 Å². The molecule has 0 saturated heterocycles. The highest BCUT2D eigenvalue weighted by molar-refractivity contribution is 5.10. The van der Waals surface area contributed by atoms with Crippen molar-refractivity contribution in [1.29, 1.82) is 0 Å². The minimum absolute atomic E-state index is 0.0377. The molecule has 78 valence electrons. The van der Waals surface area contributed by atoms with Gasteiger partial charge in [-0.1, -0.05) is 20.8 Å². The van der Waals surface area contributed by atoms with Gasteiger partial charge in [0.25, 0.3) is 5.56 Å². The second kappa shape index (κ2) is 3.92. The molecule has 14 heavy (non-hydrogen) atoms. The third kappa shape index (κ3) is 2.42. The van der Waals surface area contributed by atoms with Gasteiger partial charge in [-0.25, -0.2) is 4.68 Å². The Morgan fingerprint density at radius 3 is 2.57 bits per heavy atom. The van der Waals surface area contributed by atoms with E-state index in [0.29, 0.717) is 13.1 Å². The van der Waals surface area contributed by atoms with Gasteiger partial charge in [0.15, 0.2) is 0 Å². The van der Waals surface area contributed by atoms with E-state index in [1.807, 2.05) is 0 Å². The highest BCUT2D eigenvalue weighted by Gasteiger charge is 2.16. The smallest absolute Gasteiger partial charge is 0.266 e. The fourth-order valence-electron chi connectivity index (χ4n) is 1.13. The quantitative estimate of drug-likeness (QED) is 0.747. The van der Waals surface area contributed by atoms with E-state index in [-0.39, 0.29) is 11.0 Å². The zero-order valence-corrected chi connectivity index (χ0v) is 8.95. The summed E-state index contributed by atoms with van der Waals surface area (Å²) in [6.07, 6.45) is 0. The summed E-state index contributed by atoms with van der Waals surface area (Å²) in [5.74, 6) is 0. The minimum atomic E-state index is -0.0940. The first-order valence-electron chi connectivity index (χ1n) is 4.74. The van der Waals surface area contributed by atoms with Crippen molar-refractivity contribution in [3.63, 3.8) is 0 Å². The first-order chi connectivity index (χ1) is 6.45. The molecule has 0 aromatic carbocycles. The van der Waals surface area contributed by atoms with Gasteiger partial charge in [0, 0.05) is 18.0 Å². The molecule has 0 fully saturated rings. The Morgan fingerprint density at radius 2 is 2.07 bits per heavy atom. The van der Waals surface area contributed by atoms with Gasteiger partial charge < -0.3 is 5.73 Å². The zero-order valence-electron chi connectivity index (χ0n) is 8.95. The maximum absolute atomic E-state index is 11.3. The number of hydrogen-bond donors (Lipinski definition) is 1. The van der Waals surface area contributed by atoms with E-state index in [1.165, 1.54) is 4.68 Å². The van der Waals surface area contributed by atoms with Crippen LogP contribution in [0.4, 0.5) is 0 Å². The molecule has 0 saturated carbocycles. The van der Waals surface area contributed by atoms with Crippen molar-refractivity contribution in [2.75, 3.05) is 6.54 Å². The molecule has 0 spiro atoms. The van der Waals surface area contributed by atoms with Gasteiger partial charge in [-0.3, -0.25) is 4.79 Å². The summed E-state index contributed by atoms with van der Waals surface area (Å²) in [6.45, 7) is 7.09. The lowest BCUT2D eigenvalue weighted by atomic mass is 9.92. The fourth-order valence-corrected chi connectivity index (χ4v) is 1.13. The van der Waals surface area contributed by atoms with Crippen molar-refractivity contribution in [2.24, 2.45) is 5.73 Å². The van der Waals surface area contributed by atoms with Crippen molar-refractivity contribution < 1.29 is 0 Å². The maximum Gasteiger partial charge on any atom is 0.266 e. The van der Waals surface area contributed by atoms with Crippen LogP contribution in [0, 0.1) is 0 Å². The van der Waals surface area contributed by atoms with E-state index in [9.17, 15) is 4.79 Å². The summed E-state index contributed by atoms with van der Waals surface area (Å²) in [7, 11) is 0. The van der Waals surface area contributed by atoms with E-state index in [1.54, 1.807) is 12.1 Å². The van der Waals surface area contributed by atoms with E-state index in [2.05, 4.69) is 25.9 Å². The minimum Gasteiger partial charge on any atom is -0.329 e.